The second-order valence-electron chi connectivity index (χ2n) is 4.17. The largest absolute Gasteiger partial charge is 0.383 e. The van der Waals surface area contributed by atoms with Gasteiger partial charge in [-0.05, 0) is 5.92 Å². The van der Waals surface area contributed by atoms with Crippen molar-refractivity contribution in [3.05, 3.63) is 6.20 Å². The Labute approximate surface area is 105 Å². The summed E-state index contributed by atoms with van der Waals surface area (Å²) in [4.78, 5) is 11.2. The fourth-order valence-corrected chi connectivity index (χ4v) is 2.12. The number of aromatic amines is 1. The molecule has 102 valence electrons. The highest BCUT2D eigenvalue weighted by atomic mass is 32.2. The van der Waals surface area contributed by atoms with Crippen LogP contribution in [0.3, 0.4) is 0 Å². The molecule has 0 bridgehead atoms. The summed E-state index contributed by atoms with van der Waals surface area (Å²) in [5.74, 6) is -0.158. The van der Waals surface area contributed by atoms with Crippen molar-refractivity contribution in [2.24, 2.45) is 5.92 Å². The average Bonchev–Trinajstić information content (AvgIpc) is 2.71. The lowest BCUT2D eigenvalue weighted by molar-refractivity contribution is -0.120. The van der Waals surface area contributed by atoms with Crippen molar-refractivity contribution in [2.45, 2.75) is 18.7 Å². The predicted molar refractivity (Wildman–Crippen MR) is 66.0 cm³/mol. The summed E-state index contributed by atoms with van der Waals surface area (Å²) in [5, 5.41) is 8.41. The molecule has 0 aliphatic carbocycles. The lowest BCUT2D eigenvalue weighted by atomic mass is 10.2. The lowest BCUT2D eigenvalue weighted by Crippen LogP contribution is -2.38. The van der Waals surface area contributed by atoms with Gasteiger partial charge in [0.25, 0.3) is 0 Å². The standard InChI is InChI=1S/C9H17N5O3S/c1-6(2)3-11-8(15)5-13-18(16,17)7-4-12-14-9(7)10/h4,6,13H,3,5H2,1-2H3,(H,11,15)(H3,10,12,14). The minimum Gasteiger partial charge on any atom is -0.383 e. The van der Waals surface area contributed by atoms with Crippen molar-refractivity contribution in [1.82, 2.24) is 20.2 Å². The molecule has 18 heavy (non-hydrogen) atoms. The van der Waals surface area contributed by atoms with Gasteiger partial charge in [-0.2, -0.15) is 5.10 Å². The zero-order chi connectivity index (χ0) is 13.8. The van der Waals surface area contributed by atoms with E-state index < -0.39 is 15.9 Å². The smallest absolute Gasteiger partial charge is 0.246 e. The highest BCUT2D eigenvalue weighted by Crippen LogP contribution is 2.12. The fourth-order valence-electron chi connectivity index (χ4n) is 1.12. The van der Waals surface area contributed by atoms with Crippen LogP contribution in [0.15, 0.2) is 11.1 Å². The number of nitrogens with two attached hydrogens (primary N) is 1. The molecule has 0 aromatic carbocycles. The topological polar surface area (TPSA) is 130 Å². The Kier molecular flexibility index (Phi) is 4.68. The van der Waals surface area contributed by atoms with Crippen LogP contribution in [0.5, 0.6) is 0 Å². The molecule has 0 atom stereocenters. The molecule has 0 unspecified atom stereocenters. The number of nitrogens with zero attached hydrogens (tertiary/aromatic N) is 1. The molecular formula is C9H17N5O3S. The number of carbonyl (C=O) groups is 1. The van der Waals surface area contributed by atoms with E-state index in [1.807, 2.05) is 13.8 Å². The highest BCUT2D eigenvalue weighted by Gasteiger charge is 2.19. The van der Waals surface area contributed by atoms with E-state index in [0.717, 1.165) is 6.20 Å². The van der Waals surface area contributed by atoms with Gasteiger partial charge in [0, 0.05) is 6.54 Å². The van der Waals surface area contributed by atoms with Crippen LogP contribution >= 0.6 is 0 Å². The molecule has 9 heteroatoms. The van der Waals surface area contributed by atoms with Gasteiger partial charge < -0.3 is 11.1 Å². The Morgan fingerprint density at radius 2 is 2.22 bits per heavy atom. The maximum atomic E-state index is 11.7. The number of hydrogen-bond acceptors (Lipinski definition) is 5. The molecule has 1 amide bonds. The van der Waals surface area contributed by atoms with Gasteiger partial charge in [-0.25, -0.2) is 13.1 Å². The molecule has 5 N–H and O–H groups in total. The van der Waals surface area contributed by atoms with E-state index in [4.69, 9.17) is 5.73 Å². The minimum atomic E-state index is -3.81. The van der Waals surface area contributed by atoms with Crippen LogP contribution < -0.4 is 15.8 Å². The monoisotopic (exact) mass is 275 g/mol. The van der Waals surface area contributed by atoms with Gasteiger partial charge in [-0.15, -0.1) is 0 Å². The molecule has 1 heterocycles. The van der Waals surface area contributed by atoms with Crippen LogP contribution in [0.4, 0.5) is 5.82 Å². The zero-order valence-electron chi connectivity index (χ0n) is 10.2. The highest BCUT2D eigenvalue weighted by molar-refractivity contribution is 7.89. The Morgan fingerprint density at radius 1 is 1.56 bits per heavy atom. The third-order valence-electron chi connectivity index (χ3n) is 2.05. The summed E-state index contributed by atoms with van der Waals surface area (Å²) < 4.78 is 25.6. The molecule has 0 spiro atoms. The first-order chi connectivity index (χ1) is 8.33. The Hall–Kier alpha value is -1.61. The van der Waals surface area contributed by atoms with Crippen molar-refractivity contribution >= 4 is 21.7 Å². The third-order valence-corrected chi connectivity index (χ3v) is 3.48. The molecule has 1 aromatic heterocycles. The first-order valence-electron chi connectivity index (χ1n) is 5.38. The number of carbonyl (C=O) groups excluding carboxylic acids is 1. The fraction of sp³-hybridized carbons (Fsp3) is 0.556. The summed E-state index contributed by atoms with van der Waals surface area (Å²) >= 11 is 0. The zero-order valence-corrected chi connectivity index (χ0v) is 11.0. The van der Waals surface area contributed by atoms with Crippen molar-refractivity contribution in [2.75, 3.05) is 18.8 Å². The van der Waals surface area contributed by atoms with Gasteiger partial charge in [-0.1, -0.05) is 13.8 Å². The number of rotatable bonds is 6. The molecule has 0 fully saturated rings. The number of anilines is 1. The molecule has 0 aliphatic rings. The maximum absolute atomic E-state index is 11.7. The number of aromatic nitrogens is 2. The van der Waals surface area contributed by atoms with Gasteiger partial charge in [0.15, 0.2) is 0 Å². The van der Waals surface area contributed by atoms with Crippen LogP contribution in [0, 0.1) is 5.92 Å². The van der Waals surface area contributed by atoms with Crippen molar-refractivity contribution in [3.8, 4) is 0 Å². The number of H-pyrrole nitrogens is 1. The van der Waals surface area contributed by atoms with E-state index in [1.54, 1.807) is 0 Å². The van der Waals surface area contributed by atoms with Crippen LogP contribution in [0.25, 0.3) is 0 Å². The summed E-state index contributed by atoms with van der Waals surface area (Å²) in [6.07, 6.45) is 1.09. The minimum absolute atomic E-state index is 0.0647. The van der Waals surface area contributed by atoms with Crippen LogP contribution in [-0.2, 0) is 14.8 Å². The Morgan fingerprint density at radius 3 is 2.72 bits per heavy atom. The van der Waals surface area contributed by atoms with E-state index in [1.165, 1.54) is 0 Å². The molecule has 0 saturated carbocycles. The molecule has 0 aliphatic heterocycles. The Balaban J connectivity index is 2.53. The number of sulfonamides is 1. The van der Waals surface area contributed by atoms with Gasteiger partial charge >= 0.3 is 0 Å². The summed E-state index contributed by atoms with van der Waals surface area (Å²) in [6.45, 7) is 4.04. The predicted octanol–water partition coefficient (Wildman–Crippen LogP) is -0.958. The van der Waals surface area contributed by atoms with E-state index >= 15 is 0 Å². The van der Waals surface area contributed by atoms with Gasteiger partial charge in [0.05, 0.1) is 12.7 Å². The second-order valence-corrected chi connectivity index (χ2v) is 5.91. The van der Waals surface area contributed by atoms with E-state index in [0.29, 0.717) is 12.5 Å². The van der Waals surface area contributed by atoms with Crippen LogP contribution in [-0.4, -0.2) is 37.6 Å². The average molecular weight is 275 g/mol. The van der Waals surface area contributed by atoms with Gasteiger partial charge in [-0.3, -0.25) is 9.89 Å². The SMILES string of the molecule is CC(C)CNC(=O)CNS(=O)(=O)c1cn[nH]c1N. The number of nitrogens with one attached hydrogen (secondary N) is 3. The van der Waals surface area contributed by atoms with Crippen LogP contribution in [0.1, 0.15) is 13.8 Å². The van der Waals surface area contributed by atoms with Crippen LogP contribution in [0.2, 0.25) is 0 Å². The first kappa shape index (κ1) is 14.5. The lowest BCUT2D eigenvalue weighted by Gasteiger charge is -2.08. The maximum Gasteiger partial charge on any atom is 0.246 e. The molecular weight excluding hydrogens is 258 g/mol. The summed E-state index contributed by atoms with van der Waals surface area (Å²) in [7, 11) is -3.81. The third kappa shape index (κ3) is 4.00. The molecule has 1 aromatic rings. The summed E-state index contributed by atoms with van der Waals surface area (Å²) in [5.41, 5.74) is 5.39. The number of amides is 1. The normalized spacial score (nSPS) is 11.7. The quantitative estimate of drug-likeness (QED) is 0.531. The first-order valence-corrected chi connectivity index (χ1v) is 6.86. The second kappa shape index (κ2) is 5.83. The van der Waals surface area contributed by atoms with Crippen molar-refractivity contribution in [1.29, 1.82) is 0 Å². The number of nitrogen functional groups attached to an aromatic ring is 1. The van der Waals surface area contributed by atoms with Crippen molar-refractivity contribution in [3.63, 3.8) is 0 Å². The Bertz CT molecular complexity index is 508. The van der Waals surface area contributed by atoms with Crippen molar-refractivity contribution < 1.29 is 13.2 Å². The molecule has 8 nitrogen and oxygen atoms in total. The van der Waals surface area contributed by atoms with E-state index in [-0.39, 0.29) is 17.3 Å². The molecule has 0 radical (unpaired) electrons. The molecule has 1 rings (SSSR count). The number of hydrogen-bond donors (Lipinski definition) is 4. The van der Waals surface area contributed by atoms with Gasteiger partial charge in [0.2, 0.25) is 15.9 Å². The van der Waals surface area contributed by atoms with E-state index in [9.17, 15) is 13.2 Å². The summed E-state index contributed by atoms with van der Waals surface area (Å²) in [6, 6.07) is 0. The van der Waals surface area contributed by atoms with E-state index in [2.05, 4.69) is 20.2 Å². The molecule has 0 saturated heterocycles. The van der Waals surface area contributed by atoms with Gasteiger partial charge in [0.1, 0.15) is 10.7 Å².